The van der Waals surface area contributed by atoms with Gasteiger partial charge in [-0.25, -0.2) is 0 Å². The molecule has 19 heavy (non-hydrogen) atoms. The Hall–Kier alpha value is -1.60. The van der Waals surface area contributed by atoms with Gasteiger partial charge in [0.1, 0.15) is 0 Å². The van der Waals surface area contributed by atoms with Crippen molar-refractivity contribution in [3.05, 3.63) is 28.2 Å². The molecule has 0 fully saturated rings. The van der Waals surface area contributed by atoms with Gasteiger partial charge in [0.25, 0.3) is 5.91 Å². The summed E-state index contributed by atoms with van der Waals surface area (Å²) in [4.78, 5) is 22.4. The lowest BCUT2D eigenvalue weighted by molar-refractivity contribution is -0.141. The van der Waals surface area contributed by atoms with E-state index in [2.05, 4.69) is 21.2 Å². The predicted octanol–water partition coefficient (Wildman–Crippen LogP) is 0.987. The van der Waals surface area contributed by atoms with E-state index < -0.39 is 23.9 Å². The molecule has 0 radical (unpaired) electrons. The van der Waals surface area contributed by atoms with Gasteiger partial charge in [0.15, 0.2) is 0 Å². The third-order valence-corrected chi connectivity index (χ3v) is 2.80. The highest BCUT2D eigenvalue weighted by molar-refractivity contribution is 9.10. The number of anilines is 1. The molecule has 0 aliphatic heterocycles. The smallest absolute Gasteiger partial charge is 0.306 e. The molecule has 1 unspecified atom stereocenters. The van der Waals surface area contributed by atoms with Gasteiger partial charge < -0.3 is 21.3 Å². The van der Waals surface area contributed by atoms with Crippen molar-refractivity contribution in [2.75, 3.05) is 12.3 Å². The molecular weight excluding hydrogens is 316 g/mol. The number of halogens is 1. The second-order valence-electron chi connectivity index (χ2n) is 4.52. The van der Waals surface area contributed by atoms with Crippen molar-refractivity contribution in [2.45, 2.75) is 18.9 Å². The Balaban J connectivity index is 2.67. The standard InChI is InChI=1S/C12H15BrN2O4/c1-12(19,5-10(16)17)6-15-11(18)7-2-8(13)4-9(14)3-7/h2-4,19H,5-6,14H2,1H3,(H,15,18)(H,16,17). The molecule has 1 rings (SSSR count). The molecule has 0 saturated heterocycles. The highest BCUT2D eigenvalue weighted by Crippen LogP contribution is 2.17. The number of carbonyl (C=O) groups is 2. The number of aliphatic carboxylic acids is 1. The van der Waals surface area contributed by atoms with Gasteiger partial charge in [-0.2, -0.15) is 0 Å². The third kappa shape index (κ3) is 5.27. The lowest BCUT2D eigenvalue weighted by Crippen LogP contribution is -2.42. The molecule has 104 valence electrons. The number of carboxylic acids is 1. The van der Waals surface area contributed by atoms with Gasteiger partial charge in [0.05, 0.1) is 12.0 Å². The van der Waals surface area contributed by atoms with Crippen LogP contribution in [0.15, 0.2) is 22.7 Å². The molecule has 1 amide bonds. The predicted molar refractivity (Wildman–Crippen MR) is 73.8 cm³/mol. The zero-order valence-electron chi connectivity index (χ0n) is 10.3. The van der Waals surface area contributed by atoms with E-state index in [1.165, 1.54) is 13.0 Å². The maximum atomic E-state index is 11.8. The van der Waals surface area contributed by atoms with Crippen LogP contribution < -0.4 is 11.1 Å². The van der Waals surface area contributed by atoms with Crippen LogP contribution in [0.4, 0.5) is 5.69 Å². The van der Waals surface area contributed by atoms with Gasteiger partial charge in [-0.3, -0.25) is 9.59 Å². The molecule has 0 spiro atoms. The maximum Gasteiger partial charge on any atom is 0.306 e. The van der Waals surface area contributed by atoms with E-state index in [1.807, 2.05) is 0 Å². The Morgan fingerprint density at radius 2 is 2.05 bits per heavy atom. The summed E-state index contributed by atoms with van der Waals surface area (Å²) in [6, 6.07) is 4.72. The summed E-state index contributed by atoms with van der Waals surface area (Å²) in [5.41, 5.74) is 4.87. The molecule has 6 nitrogen and oxygen atoms in total. The molecule has 7 heteroatoms. The first-order valence-electron chi connectivity index (χ1n) is 5.48. The number of amides is 1. The molecule has 0 aliphatic rings. The van der Waals surface area contributed by atoms with Crippen LogP contribution in [-0.4, -0.2) is 34.2 Å². The average Bonchev–Trinajstić information content (AvgIpc) is 2.22. The molecule has 5 N–H and O–H groups in total. The first kappa shape index (κ1) is 15.5. The zero-order chi connectivity index (χ0) is 14.6. The van der Waals surface area contributed by atoms with E-state index in [0.717, 1.165) is 0 Å². The lowest BCUT2D eigenvalue weighted by atomic mass is 10.0. The van der Waals surface area contributed by atoms with Gasteiger partial charge in [-0.1, -0.05) is 15.9 Å². The quantitative estimate of drug-likeness (QED) is 0.601. The molecule has 0 saturated carbocycles. The topological polar surface area (TPSA) is 113 Å². The number of rotatable bonds is 5. The van der Waals surface area contributed by atoms with E-state index in [1.54, 1.807) is 12.1 Å². The Kier molecular flexibility index (Phi) is 4.90. The monoisotopic (exact) mass is 330 g/mol. The third-order valence-electron chi connectivity index (χ3n) is 2.34. The number of nitrogens with one attached hydrogen (secondary N) is 1. The normalized spacial score (nSPS) is 13.6. The van der Waals surface area contributed by atoms with E-state index in [9.17, 15) is 14.7 Å². The van der Waals surface area contributed by atoms with Gasteiger partial charge in [-0.05, 0) is 25.1 Å². The molecule has 0 aromatic heterocycles. The van der Waals surface area contributed by atoms with Crippen molar-refractivity contribution >= 4 is 33.5 Å². The SMILES string of the molecule is CC(O)(CNC(=O)c1cc(N)cc(Br)c1)CC(=O)O. The molecule has 1 aromatic carbocycles. The minimum Gasteiger partial charge on any atom is -0.481 e. The van der Waals surface area contributed by atoms with Crippen LogP contribution in [0.1, 0.15) is 23.7 Å². The molecule has 0 bridgehead atoms. The van der Waals surface area contributed by atoms with E-state index in [-0.39, 0.29) is 6.54 Å². The number of hydrogen-bond donors (Lipinski definition) is 4. The summed E-state index contributed by atoms with van der Waals surface area (Å²) in [5.74, 6) is -1.57. The Morgan fingerprint density at radius 1 is 1.42 bits per heavy atom. The lowest BCUT2D eigenvalue weighted by Gasteiger charge is -2.21. The van der Waals surface area contributed by atoms with Gasteiger partial charge in [0, 0.05) is 22.3 Å². The van der Waals surface area contributed by atoms with E-state index in [4.69, 9.17) is 10.8 Å². The van der Waals surface area contributed by atoms with Crippen LogP contribution in [-0.2, 0) is 4.79 Å². The number of carbonyl (C=O) groups excluding carboxylic acids is 1. The fourth-order valence-corrected chi connectivity index (χ4v) is 2.02. The summed E-state index contributed by atoms with van der Waals surface area (Å²) >= 11 is 3.22. The van der Waals surface area contributed by atoms with Crippen LogP contribution >= 0.6 is 15.9 Å². The number of benzene rings is 1. The largest absolute Gasteiger partial charge is 0.481 e. The minimum atomic E-state index is -1.50. The summed E-state index contributed by atoms with van der Waals surface area (Å²) in [6.07, 6.45) is -0.450. The van der Waals surface area contributed by atoms with Crippen molar-refractivity contribution in [2.24, 2.45) is 0 Å². The van der Waals surface area contributed by atoms with Crippen LogP contribution in [0.3, 0.4) is 0 Å². The Bertz CT molecular complexity index is 482. The molecule has 0 heterocycles. The van der Waals surface area contributed by atoms with Gasteiger partial charge >= 0.3 is 5.97 Å². The van der Waals surface area contributed by atoms with E-state index in [0.29, 0.717) is 15.7 Å². The van der Waals surface area contributed by atoms with Crippen molar-refractivity contribution in [1.82, 2.24) is 5.32 Å². The highest BCUT2D eigenvalue weighted by atomic mass is 79.9. The fraction of sp³-hybridized carbons (Fsp3) is 0.333. The second-order valence-corrected chi connectivity index (χ2v) is 5.44. The van der Waals surface area contributed by atoms with Crippen LogP contribution in [0.2, 0.25) is 0 Å². The summed E-state index contributed by atoms with van der Waals surface area (Å²) < 4.78 is 0.662. The zero-order valence-corrected chi connectivity index (χ0v) is 11.9. The molecule has 1 aromatic rings. The number of aliphatic hydroxyl groups is 1. The van der Waals surface area contributed by atoms with Crippen molar-refractivity contribution in [3.8, 4) is 0 Å². The first-order valence-corrected chi connectivity index (χ1v) is 6.27. The fourth-order valence-electron chi connectivity index (χ4n) is 1.50. The molecular formula is C12H15BrN2O4. The number of hydrogen-bond acceptors (Lipinski definition) is 4. The van der Waals surface area contributed by atoms with Crippen LogP contribution in [0.5, 0.6) is 0 Å². The Morgan fingerprint density at radius 3 is 2.58 bits per heavy atom. The molecule has 1 atom stereocenters. The summed E-state index contributed by atoms with van der Waals surface area (Å²) in [5, 5.41) is 20.8. The van der Waals surface area contributed by atoms with Gasteiger partial charge in [0.2, 0.25) is 0 Å². The minimum absolute atomic E-state index is 0.162. The summed E-state index contributed by atoms with van der Waals surface area (Å²) in [7, 11) is 0. The van der Waals surface area contributed by atoms with Crippen molar-refractivity contribution in [1.29, 1.82) is 0 Å². The first-order chi connectivity index (χ1) is 8.69. The van der Waals surface area contributed by atoms with Crippen LogP contribution in [0.25, 0.3) is 0 Å². The van der Waals surface area contributed by atoms with Crippen LogP contribution in [0, 0.1) is 0 Å². The highest BCUT2D eigenvalue weighted by Gasteiger charge is 2.25. The van der Waals surface area contributed by atoms with E-state index >= 15 is 0 Å². The maximum absolute atomic E-state index is 11.8. The number of carboxylic acid groups (broad SMARTS) is 1. The van der Waals surface area contributed by atoms with Gasteiger partial charge in [-0.15, -0.1) is 0 Å². The average molecular weight is 331 g/mol. The van der Waals surface area contributed by atoms with Crippen molar-refractivity contribution in [3.63, 3.8) is 0 Å². The van der Waals surface area contributed by atoms with Crippen molar-refractivity contribution < 1.29 is 19.8 Å². The Labute approximate surface area is 118 Å². The molecule has 0 aliphatic carbocycles. The number of nitrogen functional groups attached to an aromatic ring is 1. The number of nitrogens with two attached hydrogens (primary N) is 1. The summed E-state index contributed by atoms with van der Waals surface area (Å²) in [6.45, 7) is 1.18. The second kappa shape index (κ2) is 6.03.